The maximum absolute atomic E-state index is 12.4. The second kappa shape index (κ2) is 6.26. The Labute approximate surface area is 137 Å². The van der Waals surface area contributed by atoms with Crippen LogP contribution >= 0.6 is 11.3 Å². The number of aromatic nitrogens is 1. The van der Waals surface area contributed by atoms with Crippen LogP contribution in [0, 0.1) is 0 Å². The number of carbonyl (C=O) groups excluding carboxylic acids is 1. The molecule has 0 aromatic carbocycles. The molecule has 6 heteroatoms. The number of rotatable bonds is 4. The summed E-state index contributed by atoms with van der Waals surface area (Å²) in [6.07, 6.45) is 2.65. The summed E-state index contributed by atoms with van der Waals surface area (Å²) in [7, 11) is 0. The van der Waals surface area contributed by atoms with Crippen LogP contribution < -0.4 is 16.4 Å². The molecule has 1 aliphatic heterocycles. The Morgan fingerprint density at radius 1 is 1.45 bits per heavy atom. The second-order valence-corrected chi connectivity index (χ2v) is 8.45. The number of amides is 1. The van der Waals surface area contributed by atoms with E-state index in [0.717, 1.165) is 24.3 Å². The largest absolute Gasteiger partial charge is 0.348 e. The molecule has 1 aliphatic rings. The van der Waals surface area contributed by atoms with E-state index in [0.29, 0.717) is 5.69 Å². The molecule has 0 bridgehead atoms. The van der Waals surface area contributed by atoms with E-state index in [9.17, 15) is 4.79 Å². The van der Waals surface area contributed by atoms with E-state index in [1.54, 1.807) is 5.38 Å². The van der Waals surface area contributed by atoms with Crippen LogP contribution in [0.5, 0.6) is 0 Å². The first-order valence-corrected chi connectivity index (χ1v) is 8.81. The molecule has 1 saturated heterocycles. The van der Waals surface area contributed by atoms with Gasteiger partial charge in [-0.15, -0.1) is 11.3 Å². The summed E-state index contributed by atoms with van der Waals surface area (Å²) < 4.78 is 0. The molecule has 0 saturated carbocycles. The lowest BCUT2D eigenvalue weighted by molar-refractivity contribution is 0.0868. The highest BCUT2D eigenvalue weighted by Gasteiger charge is 2.38. The summed E-state index contributed by atoms with van der Waals surface area (Å²) in [5.41, 5.74) is 6.48. The van der Waals surface area contributed by atoms with Crippen molar-refractivity contribution in [1.29, 1.82) is 0 Å². The number of carbonyl (C=O) groups is 1. The third-order valence-electron chi connectivity index (χ3n) is 4.04. The van der Waals surface area contributed by atoms with Crippen molar-refractivity contribution in [2.45, 2.75) is 77.0 Å². The van der Waals surface area contributed by atoms with Gasteiger partial charge in [0.05, 0.1) is 6.04 Å². The zero-order valence-corrected chi connectivity index (χ0v) is 15.0. The van der Waals surface area contributed by atoms with Crippen molar-refractivity contribution in [3.05, 3.63) is 16.1 Å². The first-order chi connectivity index (χ1) is 10.1. The maximum Gasteiger partial charge on any atom is 0.270 e. The monoisotopic (exact) mass is 324 g/mol. The van der Waals surface area contributed by atoms with Crippen LogP contribution in [0.1, 0.15) is 75.4 Å². The Balaban J connectivity index is 2.04. The highest BCUT2D eigenvalue weighted by molar-refractivity contribution is 7.09. The Morgan fingerprint density at radius 2 is 2.05 bits per heavy atom. The maximum atomic E-state index is 12.4. The van der Waals surface area contributed by atoms with Crippen molar-refractivity contribution >= 4 is 17.2 Å². The predicted octanol–water partition coefficient (Wildman–Crippen LogP) is 2.59. The van der Waals surface area contributed by atoms with Crippen molar-refractivity contribution in [3.8, 4) is 0 Å². The number of nitrogens with two attached hydrogens (primary N) is 1. The minimum absolute atomic E-state index is 0.0114. The number of hydrogen-bond acceptors (Lipinski definition) is 5. The van der Waals surface area contributed by atoms with E-state index in [2.05, 4.69) is 43.3 Å². The van der Waals surface area contributed by atoms with Crippen molar-refractivity contribution in [2.24, 2.45) is 5.73 Å². The van der Waals surface area contributed by atoms with Crippen molar-refractivity contribution in [1.82, 2.24) is 15.6 Å². The lowest BCUT2D eigenvalue weighted by Crippen LogP contribution is -2.62. The fraction of sp³-hybridized carbons (Fsp3) is 0.750. The van der Waals surface area contributed by atoms with E-state index >= 15 is 0 Å². The van der Waals surface area contributed by atoms with Crippen LogP contribution in [0.4, 0.5) is 0 Å². The highest BCUT2D eigenvalue weighted by atomic mass is 32.1. The second-order valence-electron chi connectivity index (χ2n) is 7.56. The summed E-state index contributed by atoms with van der Waals surface area (Å²) in [4.78, 5) is 16.8. The van der Waals surface area contributed by atoms with E-state index in [1.165, 1.54) is 11.3 Å². The van der Waals surface area contributed by atoms with Gasteiger partial charge in [-0.25, -0.2) is 4.98 Å². The molecule has 2 rings (SSSR count). The molecular formula is C16H28N4OS. The Kier molecular flexibility index (Phi) is 4.94. The van der Waals surface area contributed by atoms with Gasteiger partial charge in [-0.2, -0.15) is 0 Å². The molecule has 1 aromatic heterocycles. The predicted molar refractivity (Wildman–Crippen MR) is 91.1 cm³/mol. The Bertz CT molecular complexity index is 522. The van der Waals surface area contributed by atoms with Crippen molar-refractivity contribution in [2.75, 3.05) is 0 Å². The van der Waals surface area contributed by atoms with Crippen LogP contribution in [0.3, 0.4) is 0 Å². The summed E-state index contributed by atoms with van der Waals surface area (Å²) >= 11 is 1.46. The molecule has 1 fully saturated rings. The topological polar surface area (TPSA) is 80.0 Å². The van der Waals surface area contributed by atoms with Gasteiger partial charge >= 0.3 is 0 Å². The van der Waals surface area contributed by atoms with Gasteiger partial charge in [0.1, 0.15) is 10.7 Å². The molecule has 22 heavy (non-hydrogen) atoms. The number of nitrogens with zero attached hydrogens (tertiary/aromatic N) is 1. The van der Waals surface area contributed by atoms with E-state index < -0.39 is 0 Å². The molecule has 124 valence electrons. The number of thiazole rings is 1. The smallest absolute Gasteiger partial charge is 0.270 e. The molecule has 1 unspecified atom stereocenters. The zero-order valence-electron chi connectivity index (χ0n) is 14.2. The molecule has 4 N–H and O–H groups in total. The van der Waals surface area contributed by atoms with E-state index in [4.69, 9.17) is 5.73 Å². The molecule has 0 aliphatic carbocycles. The molecule has 5 nitrogen and oxygen atoms in total. The third kappa shape index (κ3) is 4.27. The molecule has 1 amide bonds. The number of hydrogen-bond donors (Lipinski definition) is 3. The standard InChI is InChI=1S/C16H28N4OS/c1-6-11(17)14-19-12(9-22-14)13(21)18-10-7-15(2,3)20-16(4,5)8-10/h9-11,20H,6-8,17H2,1-5H3,(H,18,21). The molecule has 2 heterocycles. The quantitative estimate of drug-likeness (QED) is 0.795. The normalized spacial score (nSPS) is 22.3. The van der Waals surface area contributed by atoms with Gasteiger partial charge in [-0.1, -0.05) is 6.92 Å². The molecule has 0 radical (unpaired) electrons. The van der Waals surface area contributed by atoms with Crippen LogP contribution in [-0.4, -0.2) is 28.0 Å². The van der Waals surface area contributed by atoms with Gasteiger partial charge < -0.3 is 16.4 Å². The van der Waals surface area contributed by atoms with Crippen LogP contribution in [0.15, 0.2) is 5.38 Å². The van der Waals surface area contributed by atoms with Crippen LogP contribution in [0.2, 0.25) is 0 Å². The lowest BCUT2D eigenvalue weighted by Gasteiger charge is -2.46. The van der Waals surface area contributed by atoms with E-state index in [-0.39, 0.29) is 29.1 Å². The molecule has 0 spiro atoms. The molecular weight excluding hydrogens is 296 g/mol. The first kappa shape index (κ1) is 17.4. The molecule has 1 atom stereocenters. The lowest BCUT2D eigenvalue weighted by atomic mass is 9.79. The third-order valence-corrected chi connectivity index (χ3v) is 5.01. The SMILES string of the molecule is CCC(N)c1nc(C(=O)NC2CC(C)(C)NC(C)(C)C2)cs1. The van der Waals surface area contributed by atoms with Gasteiger partial charge in [-0.05, 0) is 47.0 Å². The summed E-state index contributed by atoms with van der Waals surface area (Å²) in [5, 5.41) is 9.40. The van der Waals surface area contributed by atoms with Crippen molar-refractivity contribution in [3.63, 3.8) is 0 Å². The highest BCUT2D eigenvalue weighted by Crippen LogP contribution is 2.28. The summed E-state index contributed by atoms with van der Waals surface area (Å²) in [6.45, 7) is 10.7. The average molecular weight is 324 g/mol. The zero-order chi connectivity index (χ0) is 16.5. The number of nitrogens with one attached hydrogen (secondary N) is 2. The Hall–Kier alpha value is -0.980. The minimum atomic E-state index is -0.0932. The minimum Gasteiger partial charge on any atom is -0.348 e. The van der Waals surface area contributed by atoms with Crippen LogP contribution in [-0.2, 0) is 0 Å². The number of piperidine rings is 1. The first-order valence-electron chi connectivity index (χ1n) is 7.93. The summed E-state index contributed by atoms with van der Waals surface area (Å²) in [6, 6.07) is 0.0760. The van der Waals surface area contributed by atoms with Gasteiger partial charge in [0.15, 0.2) is 0 Å². The average Bonchev–Trinajstić information content (AvgIpc) is 2.83. The van der Waals surface area contributed by atoms with Crippen molar-refractivity contribution < 1.29 is 4.79 Å². The van der Waals surface area contributed by atoms with Crippen LogP contribution in [0.25, 0.3) is 0 Å². The van der Waals surface area contributed by atoms with Gasteiger partial charge in [0, 0.05) is 22.5 Å². The Morgan fingerprint density at radius 3 is 2.59 bits per heavy atom. The fourth-order valence-electron chi connectivity index (χ4n) is 3.42. The van der Waals surface area contributed by atoms with Gasteiger partial charge in [0.2, 0.25) is 0 Å². The fourth-order valence-corrected chi connectivity index (χ4v) is 4.31. The van der Waals surface area contributed by atoms with E-state index in [1.807, 2.05) is 6.92 Å². The van der Waals surface area contributed by atoms with Gasteiger partial charge in [0.25, 0.3) is 5.91 Å². The molecule has 1 aromatic rings. The summed E-state index contributed by atoms with van der Waals surface area (Å²) in [5.74, 6) is -0.0932. The van der Waals surface area contributed by atoms with Gasteiger partial charge in [-0.3, -0.25) is 4.79 Å².